The van der Waals surface area contributed by atoms with E-state index in [1.807, 2.05) is 0 Å². The largest absolute Gasteiger partial charge is 0.493 e. The van der Waals surface area contributed by atoms with Gasteiger partial charge in [-0.15, -0.1) is 16.9 Å². The zero-order valence-corrected chi connectivity index (χ0v) is 21.5. The van der Waals surface area contributed by atoms with Crippen LogP contribution in [0.5, 0.6) is 11.5 Å². The van der Waals surface area contributed by atoms with Crippen LogP contribution in [0.1, 0.15) is 12.0 Å². The van der Waals surface area contributed by atoms with E-state index in [9.17, 15) is 29.4 Å². The SMILES string of the molecule is COc1cc(CC(=O)NC2C(=O)N3C(C(=O)O)=C(C(CC(=O)O)Sc4nnn[nH]4)CS[C@@H]23)ccc1OCN. The van der Waals surface area contributed by atoms with E-state index in [0.29, 0.717) is 17.1 Å². The number of ether oxygens (including phenoxy) is 2. The van der Waals surface area contributed by atoms with Crippen molar-refractivity contribution in [2.24, 2.45) is 5.73 Å². The van der Waals surface area contributed by atoms with Crippen LogP contribution in [0.2, 0.25) is 0 Å². The minimum Gasteiger partial charge on any atom is -0.493 e. The molecule has 2 aliphatic rings. The smallest absolute Gasteiger partial charge is 0.352 e. The number of nitrogens with two attached hydrogens (primary N) is 1. The first-order valence-corrected chi connectivity index (χ1v) is 13.0. The molecule has 0 aliphatic carbocycles. The molecule has 1 aromatic heterocycles. The number of nitrogens with one attached hydrogen (secondary N) is 2. The van der Waals surface area contributed by atoms with E-state index in [1.165, 1.54) is 18.9 Å². The quantitative estimate of drug-likeness (QED) is 0.123. The number of carboxylic acid groups (broad SMARTS) is 2. The molecule has 0 radical (unpaired) electrons. The number of amides is 2. The summed E-state index contributed by atoms with van der Waals surface area (Å²) in [5, 5.41) is 33.8. The fraction of sp³-hybridized carbons (Fsp3) is 0.381. The predicted molar refractivity (Wildman–Crippen MR) is 132 cm³/mol. The maximum Gasteiger partial charge on any atom is 0.352 e. The van der Waals surface area contributed by atoms with Crippen LogP contribution in [-0.4, -0.2) is 95.7 Å². The standard InChI is InChI=1S/C21H23N7O8S2/c1-35-12-4-9(2-3-11(12)36-8-22)5-14(29)23-16-18(32)28-17(20(33)34)10(7-37-19(16)28)13(6-15(30)31)38-21-24-26-27-25-21/h2-4,13,16,19H,5-8,22H2,1H3,(H,23,29)(H,30,31)(H,33,34)(H,24,25,26,27)/t13?,16?,19-/m0/s1. The number of fused-ring (bicyclic) bond motifs is 1. The zero-order chi connectivity index (χ0) is 27.4. The molecule has 6 N–H and O–H groups in total. The number of aliphatic carboxylic acids is 2. The zero-order valence-electron chi connectivity index (χ0n) is 19.8. The Hall–Kier alpha value is -3.83. The normalized spacial score (nSPS) is 19.3. The number of carbonyl (C=O) groups excluding carboxylic acids is 2. The van der Waals surface area contributed by atoms with Crippen LogP contribution in [-0.2, 0) is 25.6 Å². The number of carbonyl (C=O) groups is 4. The highest BCUT2D eigenvalue weighted by atomic mass is 32.2. The fourth-order valence-corrected chi connectivity index (χ4v) is 6.60. The Bertz CT molecular complexity index is 1270. The first-order chi connectivity index (χ1) is 18.2. The highest BCUT2D eigenvalue weighted by Gasteiger charge is 2.55. The lowest BCUT2D eigenvalue weighted by molar-refractivity contribution is -0.150. The molecule has 1 saturated heterocycles. The second kappa shape index (κ2) is 11.7. The van der Waals surface area contributed by atoms with E-state index in [-0.39, 0.29) is 35.3 Å². The van der Waals surface area contributed by atoms with E-state index in [2.05, 4.69) is 25.9 Å². The number of tetrazole rings is 1. The molecule has 1 aromatic carbocycles. The van der Waals surface area contributed by atoms with Crippen molar-refractivity contribution in [3.63, 3.8) is 0 Å². The summed E-state index contributed by atoms with van der Waals surface area (Å²) in [4.78, 5) is 50.5. The average Bonchev–Trinajstić information content (AvgIpc) is 3.39. The molecule has 17 heteroatoms. The summed E-state index contributed by atoms with van der Waals surface area (Å²) in [6, 6.07) is 3.97. The molecule has 38 heavy (non-hydrogen) atoms. The molecule has 2 aliphatic heterocycles. The maximum atomic E-state index is 13.0. The molecule has 0 spiro atoms. The number of hydrogen-bond acceptors (Lipinski definition) is 12. The molecule has 2 amide bonds. The van der Waals surface area contributed by atoms with Crippen LogP contribution < -0.4 is 20.5 Å². The summed E-state index contributed by atoms with van der Waals surface area (Å²) in [5.41, 5.74) is 5.96. The van der Waals surface area contributed by atoms with Gasteiger partial charge in [-0.1, -0.05) is 17.8 Å². The van der Waals surface area contributed by atoms with Crippen molar-refractivity contribution >= 4 is 47.3 Å². The molecular formula is C21H23N7O8S2. The summed E-state index contributed by atoms with van der Waals surface area (Å²) < 4.78 is 10.5. The Balaban J connectivity index is 1.49. The number of H-pyrrole nitrogens is 1. The highest BCUT2D eigenvalue weighted by molar-refractivity contribution is 8.01. The second-order valence-electron chi connectivity index (χ2n) is 8.02. The number of β-lactam (4-membered cyclic amide) rings is 1. The van der Waals surface area contributed by atoms with Crippen LogP contribution in [0.3, 0.4) is 0 Å². The van der Waals surface area contributed by atoms with Gasteiger partial charge < -0.3 is 25.0 Å². The Labute approximate surface area is 223 Å². The molecule has 4 rings (SSSR count). The molecule has 3 atom stereocenters. The maximum absolute atomic E-state index is 13.0. The summed E-state index contributed by atoms with van der Waals surface area (Å²) in [7, 11) is 1.45. The van der Waals surface area contributed by atoms with Crippen molar-refractivity contribution in [1.82, 2.24) is 30.8 Å². The van der Waals surface area contributed by atoms with E-state index in [1.54, 1.807) is 18.2 Å². The first kappa shape index (κ1) is 27.2. The number of thioether (sulfide) groups is 2. The predicted octanol–water partition coefficient (Wildman–Crippen LogP) is -0.580. The number of rotatable bonds is 12. The number of nitrogens with zero attached hydrogens (tertiary/aromatic N) is 4. The van der Waals surface area contributed by atoms with Gasteiger partial charge >= 0.3 is 11.9 Å². The number of carboxylic acids is 2. The van der Waals surface area contributed by atoms with Gasteiger partial charge in [-0.3, -0.25) is 25.0 Å². The van der Waals surface area contributed by atoms with Crippen LogP contribution in [0.25, 0.3) is 0 Å². The fourth-order valence-electron chi connectivity index (χ4n) is 4.06. The van der Waals surface area contributed by atoms with Crippen LogP contribution in [0.15, 0.2) is 34.6 Å². The van der Waals surface area contributed by atoms with Crippen molar-refractivity contribution < 1.29 is 38.9 Å². The van der Waals surface area contributed by atoms with Gasteiger partial charge in [0.2, 0.25) is 11.1 Å². The number of hydrogen-bond donors (Lipinski definition) is 5. The number of benzene rings is 1. The van der Waals surface area contributed by atoms with Crippen molar-refractivity contribution in [3.05, 3.63) is 35.0 Å². The van der Waals surface area contributed by atoms with E-state index in [0.717, 1.165) is 16.7 Å². The monoisotopic (exact) mass is 565 g/mol. The first-order valence-electron chi connectivity index (χ1n) is 11.1. The van der Waals surface area contributed by atoms with Gasteiger partial charge in [-0.05, 0) is 33.7 Å². The Morgan fingerprint density at radius 1 is 1.34 bits per heavy atom. The molecule has 202 valence electrons. The minimum atomic E-state index is -1.37. The number of aromatic nitrogens is 4. The summed E-state index contributed by atoms with van der Waals surface area (Å²) in [6.07, 6.45) is -0.473. The molecule has 3 heterocycles. The molecule has 1 fully saturated rings. The number of methoxy groups -OCH3 is 1. The van der Waals surface area contributed by atoms with Gasteiger partial charge in [0.05, 0.1) is 20.0 Å². The Morgan fingerprint density at radius 3 is 2.76 bits per heavy atom. The third-order valence-corrected chi connectivity index (χ3v) is 8.11. The second-order valence-corrected chi connectivity index (χ2v) is 10.3. The van der Waals surface area contributed by atoms with Gasteiger partial charge in [-0.25, -0.2) is 9.89 Å². The topological polar surface area (TPSA) is 223 Å². The third-order valence-electron chi connectivity index (χ3n) is 5.68. The Kier molecular flexibility index (Phi) is 8.38. The molecular weight excluding hydrogens is 542 g/mol. The lowest BCUT2D eigenvalue weighted by Gasteiger charge is -2.50. The molecule has 0 saturated carbocycles. The average molecular weight is 566 g/mol. The van der Waals surface area contributed by atoms with E-state index in [4.69, 9.17) is 15.2 Å². The van der Waals surface area contributed by atoms with Gasteiger partial charge in [-0.2, -0.15) is 0 Å². The summed E-state index contributed by atoms with van der Waals surface area (Å²) in [5.74, 6) is -2.62. The van der Waals surface area contributed by atoms with Gasteiger partial charge in [0.25, 0.3) is 5.91 Å². The van der Waals surface area contributed by atoms with Crippen LogP contribution >= 0.6 is 23.5 Å². The van der Waals surface area contributed by atoms with Crippen molar-refractivity contribution in [2.45, 2.75) is 34.7 Å². The van der Waals surface area contributed by atoms with Gasteiger partial charge in [0, 0.05) is 11.0 Å². The van der Waals surface area contributed by atoms with Gasteiger partial charge in [0.1, 0.15) is 23.8 Å². The van der Waals surface area contributed by atoms with Crippen LogP contribution in [0.4, 0.5) is 0 Å². The number of aromatic amines is 1. The third kappa shape index (κ3) is 5.68. The van der Waals surface area contributed by atoms with Crippen molar-refractivity contribution in [2.75, 3.05) is 19.6 Å². The van der Waals surface area contributed by atoms with Crippen LogP contribution in [0, 0.1) is 0 Å². The molecule has 2 aromatic rings. The highest BCUT2D eigenvalue weighted by Crippen LogP contribution is 2.44. The van der Waals surface area contributed by atoms with E-state index >= 15 is 0 Å². The molecule has 0 bridgehead atoms. The van der Waals surface area contributed by atoms with E-state index < -0.39 is 46.8 Å². The Morgan fingerprint density at radius 2 is 2.13 bits per heavy atom. The van der Waals surface area contributed by atoms with Crippen molar-refractivity contribution in [3.8, 4) is 11.5 Å². The van der Waals surface area contributed by atoms with Gasteiger partial charge in [0.15, 0.2) is 11.5 Å². The molecule has 15 nitrogen and oxygen atoms in total. The van der Waals surface area contributed by atoms with Crippen molar-refractivity contribution in [1.29, 1.82) is 0 Å². The lowest BCUT2D eigenvalue weighted by atomic mass is 10.00. The minimum absolute atomic E-state index is 0.0446. The summed E-state index contributed by atoms with van der Waals surface area (Å²) >= 11 is 2.20. The summed E-state index contributed by atoms with van der Waals surface area (Å²) in [6.45, 7) is -0.0446. The lowest BCUT2D eigenvalue weighted by Crippen LogP contribution is -2.70. The molecule has 2 unspecified atom stereocenters.